The Morgan fingerprint density at radius 3 is 2.61 bits per heavy atom. The molecule has 1 aliphatic carbocycles. The van der Waals surface area contributed by atoms with E-state index in [1.54, 1.807) is 17.8 Å². The minimum absolute atomic E-state index is 0.153. The minimum atomic E-state index is -1.57. The lowest BCUT2D eigenvalue weighted by Crippen LogP contribution is -2.29. The van der Waals surface area contributed by atoms with Crippen LogP contribution in [0.5, 0.6) is 0 Å². The van der Waals surface area contributed by atoms with Crippen molar-refractivity contribution in [1.29, 1.82) is 4.78 Å². The molecule has 4 rings (SSSR count). The Morgan fingerprint density at radius 2 is 1.96 bits per heavy atom. The van der Waals surface area contributed by atoms with Gasteiger partial charge in [0.2, 0.25) is 0 Å². The SMILES string of the molecule is Cn1cc2c(c1C(=O)Nc1cc(F)c(F)c(F)c1)CCC(CC1CC1)NS2=N. The predicted molar refractivity (Wildman–Crippen MR) is 101 cm³/mol. The molecule has 5 nitrogen and oxygen atoms in total. The summed E-state index contributed by atoms with van der Waals surface area (Å²) in [5, 5.41) is 2.45. The summed E-state index contributed by atoms with van der Waals surface area (Å²) in [6.07, 6.45) is 6.79. The highest BCUT2D eigenvalue weighted by Gasteiger charge is 2.30. The second-order valence-electron chi connectivity index (χ2n) is 7.48. The number of hydrogen-bond donors (Lipinski definition) is 3. The van der Waals surface area contributed by atoms with Gasteiger partial charge >= 0.3 is 0 Å². The third kappa shape index (κ3) is 3.73. The Balaban J connectivity index is 1.59. The third-order valence-electron chi connectivity index (χ3n) is 5.27. The van der Waals surface area contributed by atoms with Gasteiger partial charge in [-0.05, 0) is 41.6 Å². The minimum Gasteiger partial charge on any atom is -0.345 e. The fourth-order valence-corrected chi connectivity index (χ4v) is 5.09. The molecule has 0 saturated heterocycles. The van der Waals surface area contributed by atoms with Gasteiger partial charge in [0.15, 0.2) is 17.5 Å². The lowest BCUT2D eigenvalue weighted by atomic mass is 10.0. The van der Waals surface area contributed by atoms with Crippen LogP contribution in [0.2, 0.25) is 0 Å². The molecule has 3 N–H and O–H groups in total. The number of anilines is 1. The van der Waals surface area contributed by atoms with E-state index in [1.807, 2.05) is 0 Å². The quantitative estimate of drug-likeness (QED) is 0.666. The van der Waals surface area contributed by atoms with Gasteiger partial charge in [0.25, 0.3) is 5.91 Å². The van der Waals surface area contributed by atoms with E-state index in [-0.39, 0.29) is 11.7 Å². The molecule has 1 fully saturated rings. The summed E-state index contributed by atoms with van der Waals surface area (Å²) < 4.78 is 53.5. The number of nitrogens with zero attached hydrogens (tertiary/aromatic N) is 1. The molecule has 28 heavy (non-hydrogen) atoms. The first-order chi connectivity index (χ1) is 13.3. The van der Waals surface area contributed by atoms with E-state index in [0.717, 1.165) is 41.4 Å². The molecule has 2 aliphatic rings. The van der Waals surface area contributed by atoms with Crippen molar-refractivity contribution in [2.75, 3.05) is 5.32 Å². The van der Waals surface area contributed by atoms with E-state index in [1.165, 1.54) is 12.8 Å². The number of hydrogen-bond acceptors (Lipinski definition) is 2. The summed E-state index contributed by atoms with van der Waals surface area (Å²) in [5.41, 5.74) is 0.991. The van der Waals surface area contributed by atoms with Crippen LogP contribution in [0.3, 0.4) is 0 Å². The van der Waals surface area contributed by atoms with Crippen molar-refractivity contribution in [2.24, 2.45) is 13.0 Å². The van der Waals surface area contributed by atoms with Gasteiger partial charge in [-0.3, -0.25) is 9.57 Å². The van der Waals surface area contributed by atoms with Crippen molar-refractivity contribution in [3.05, 3.63) is 47.0 Å². The number of aromatic nitrogens is 1. The molecule has 0 radical (unpaired) electrons. The summed E-state index contributed by atoms with van der Waals surface area (Å²) in [4.78, 5) is 13.6. The zero-order chi connectivity index (χ0) is 20.0. The standard InChI is InChI=1S/C19H21F3N4OS/c1-26-9-16-13(5-4-11(25-28(16)23)6-10-2-3-10)18(26)19(27)24-12-7-14(20)17(22)15(21)8-12/h7-11H,2-6H2,1H3,(H2,23,25)(H,24,27). The number of halogens is 3. The zero-order valence-corrected chi connectivity index (χ0v) is 16.1. The molecular formula is C19H21F3N4OS. The third-order valence-corrected chi connectivity index (χ3v) is 6.63. The number of fused-ring (bicyclic) bond motifs is 1. The first-order valence-electron chi connectivity index (χ1n) is 9.19. The molecule has 0 spiro atoms. The van der Waals surface area contributed by atoms with E-state index in [9.17, 15) is 18.0 Å². The molecule has 150 valence electrons. The monoisotopic (exact) mass is 410 g/mol. The molecule has 1 saturated carbocycles. The average Bonchev–Trinajstić information content (AvgIpc) is 3.39. The summed E-state index contributed by atoms with van der Waals surface area (Å²) in [6.45, 7) is 0. The predicted octanol–water partition coefficient (Wildman–Crippen LogP) is 4.05. The second kappa shape index (κ2) is 7.36. The van der Waals surface area contributed by atoms with Gasteiger partial charge in [-0.2, -0.15) is 0 Å². The molecule has 1 aromatic carbocycles. The molecule has 2 heterocycles. The van der Waals surface area contributed by atoms with Gasteiger partial charge in [0, 0.05) is 37.1 Å². The van der Waals surface area contributed by atoms with Crippen LogP contribution in [0.25, 0.3) is 0 Å². The highest BCUT2D eigenvalue weighted by Crippen LogP contribution is 2.36. The molecule has 1 aliphatic heterocycles. The Labute approximate surface area is 163 Å². The van der Waals surface area contributed by atoms with Crippen LogP contribution in [0.15, 0.2) is 23.2 Å². The summed E-state index contributed by atoms with van der Waals surface area (Å²) in [5.74, 6) is -4.09. The Bertz CT molecular complexity index is 947. The van der Waals surface area contributed by atoms with Crippen molar-refractivity contribution in [3.8, 4) is 0 Å². The van der Waals surface area contributed by atoms with Gasteiger partial charge in [-0.15, -0.1) is 0 Å². The molecule has 0 bridgehead atoms. The zero-order valence-electron chi connectivity index (χ0n) is 15.3. The van der Waals surface area contributed by atoms with E-state index < -0.39 is 34.2 Å². The molecule has 2 unspecified atom stereocenters. The van der Waals surface area contributed by atoms with Crippen LogP contribution in [0, 0.1) is 28.1 Å². The maximum atomic E-state index is 13.4. The number of carbonyl (C=O) groups excluding carboxylic acids is 1. The number of rotatable bonds is 4. The largest absolute Gasteiger partial charge is 0.345 e. The van der Waals surface area contributed by atoms with Crippen molar-refractivity contribution < 1.29 is 18.0 Å². The lowest BCUT2D eigenvalue weighted by molar-refractivity contribution is 0.101. The molecule has 9 heteroatoms. The van der Waals surface area contributed by atoms with Crippen molar-refractivity contribution in [2.45, 2.75) is 43.0 Å². The van der Waals surface area contributed by atoms with Crippen LogP contribution in [0.1, 0.15) is 41.7 Å². The summed E-state index contributed by atoms with van der Waals surface area (Å²) in [6, 6.07) is 1.75. The van der Waals surface area contributed by atoms with Crippen LogP contribution in [-0.4, -0.2) is 16.5 Å². The van der Waals surface area contributed by atoms with Crippen LogP contribution in [0.4, 0.5) is 18.9 Å². The van der Waals surface area contributed by atoms with Gasteiger partial charge in [0.05, 0.1) is 4.90 Å². The maximum absolute atomic E-state index is 13.4. The van der Waals surface area contributed by atoms with Gasteiger partial charge in [-0.1, -0.05) is 12.8 Å². The highest BCUT2D eigenvalue weighted by atomic mass is 32.2. The Hall–Kier alpha value is -2.13. The summed E-state index contributed by atoms with van der Waals surface area (Å²) in [7, 11) is 0.768. The normalized spacial score (nSPS) is 21.9. The smallest absolute Gasteiger partial charge is 0.272 e. The van der Waals surface area contributed by atoms with E-state index in [2.05, 4.69) is 10.0 Å². The number of carbonyl (C=O) groups is 1. The van der Waals surface area contributed by atoms with Crippen molar-refractivity contribution in [1.82, 2.24) is 9.29 Å². The Morgan fingerprint density at radius 1 is 1.29 bits per heavy atom. The van der Waals surface area contributed by atoms with Gasteiger partial charge < -0.3 is 9.88 Å². The van der Waals surface area contributed by atoms with Crippen molar-refractivity contribution >= 4 is 22.5 Å². The highest BCUT2D eigenvalue weighted by molar-refractivity contribution is 7.84. The second-order valence-corrected chi connectivity index (χ2v) is 8.77. The molecule has 1 aromatic heterocycles. The fraction of sp³-hybridized carbons (Fsp3) is 0.421. The topological polar surface area (TPSA) is 69.9 Å². The number of aryl methyl sites for hydroxylation is 1. The van der Waals surface area contributed by atoms with Crippen LogP contribution in [-0.2, 0) is 24.3 Å². The number of benzene rings is 1. The van der Waals surface area contributed by atoms with Crippen LogP contribution < -0.4 is 10.0 Å². The number of amides is 1. The van der Waals surface area contributed by atoms with Gasteiger partial charge in [-0.25, -0.2) is 17.9 Å². The first kappa shape index (κ1) is 19.2. The summed E-state index contributed by atoms with van der Waals surface area (Å²) >= 11 is 0. The lowest BCUT2D eigenvalue weighted by Gasteiger charge is -2.16. The first-order valence-corrected chi connectivity index (χ1v) is 10.4. The number of nitrogens with one attached hydrogen (secondary N) is 3. The van der Waals surface area contributed by atoms with Gasteiger partial charge in [0.1, 0.15) is 5.69 Å². The molecule has 1 amide bonds. The van der Waals surface area contributed by atoms with E-state index in [4.69, 9.17) is 4.78 Å². The average molecular weight is 410 g/mol. The van der Waals surface area contributed by atoms with Crippen LogP contribution >= 0.6 is 0 Å². The molecular weight excluding hydrogens is 389 g/mol. The molecule has 2 aromatic rings. The van der Waals surface area contributed by atoms with E-state index in [0.29, 0.717) is 12.1 Å². The Kier molecular flexibility index (Phi) is 5.05. The maximum Gasteiger partial charge on any atom is 0.272 e. The molecule has 2 atom stereocenters. The van der Waals surface area contributed by atoms with E-state index >= 15 is 0 Å². The fourth-order valence-electron chi connectivity index (χ4n) is 3.71. The van der Waals surface area contributed by atoms with Crippen molar-refractivity contribution in [3.63, 3.8) is 0 Å².